The van der Waals surface area contributed by atoms with Gasteiger partial charge in [0.25, 0.3) is 0 Å². The molecular weight excluding hydrogens is 409 g/mol. The predicted molar refractivity (Wildman–Crippen MR) is 99.5 cm³/mol. The van der Waals surface area contributed by atoms with E-state index in [0.717, 1.165) is 16.4 Å². The summed E-state index contributed by atoms with van der Waals surface area (Å²) in [4.78, 5) is 14.2. The number of benzene rings is 1. The predicted octanol–water partition coefficient (Wildman–Crippen LogP) is 2.74. The van der Waals surface area contributed by atoms with Gasteiger partial charge >= 0.3 is 6.18 Å². The van der Waals surface area contributed by atoms with Crippen molar-refractivity contribution < 1.29 is 31.1 Å². The number of ether oxygens (including phenoxy) is 1. The quantitative estimate of drug-likeness (QED) is 0.734. The first-order chi connectivity index (χ1) is 13.5. The van der Waals surface area contributed by atoms with Crippen LogP contribution in [0.4, 0.5) is 13.2 Å². The minimum absolute atomic E-state index is 0.0110. The van der Waals surface area contributed by atoms with Crippen molar-refractivity contribution >= 4 is 15.9 Å². The van der Waals surface area contributed by atoms with E-state index in [4.69, 9.17) is 4.74 Å². The zero-order valence-corrected chi connectivity index (χ0v) is 17.2. The topological polar surface area (TPSA) is 66.9 Å². The van der Waals surface area contributed by atoms with Crippen molar-refractivity contribution in [1.29, 1.82) is 0 Å². The van der Waals surface area contributed by atoms with E-state index in [2.05, 4.69) is 0 Å². The maximum Gasteiger partial charge on any atom is 0.416 e. The van der Waals surface area contributed by atoms with E-state index >= 15 is 0 Å². The van der Waals surface area contributed by atoms with Crippen LogP contribution in [0.5, 0.6) is 0 Å². The summed E-state index contributed by atoms with van der Waals surface area (Å²) in [5.41, 5.74) is -1.00. The van der Waals surface area contributed by atoms with E-state index in [1.807, 2.05) is 13.8 Å². The van der Waals surface area contributed by atoms with Crippen LogP contribution in [0.3, 0.4) is 0 Å². The molecule has 162 valence electrons. The van der Waals surface area contributed by atoms with Crippen LogP contribution < -0.4 is 0 Å². The fraction of sp³-hybridized carbons (Fsp3) is 0.632. The number of alkyl halides is 3. The number of morpholine rings is 1. The van der Waals surface area contributed by atoms with Gasteiger partial charge in [-0.25, -0.2) is 8.42 Å². The van der Waals surface area contributed by atoms with E-state index in [0.29, 0.717) is 32.0 Å². The third kappa shape index (κ3) is 4.92. The van der Waals surface area contributed by atoms with Crippen LogP contribution in [-0.4, -0.2) is 61.9 Å². The zero-order valence-electron chi connectivity index (χ0n) is 16.4. The van der Waals surface area contributed by atoms with E-state index in [1.54, 1.807) is 4.90 Å². The van der Waals surface area contributed by atoms with Crippen LogP contribution in [0.15, 0.2) is 29.2 Å². The molecule has 0 radical (unpaired) electrons. The molecule has 0 bridgehead atoms. The van der Waals surface area contributed by atoms with Crippen LogP contribution in [-0.2, 0) is 25.7 Å². The zero-order chi connectivity index (χ0) is 21.4. The molecule has 2 atom stereocenters. The number of carbonyl (C=O) groups excluding carboxylic acids is 1. The summed E-state index contributed by atoms with van der Waals surface area (Å²) in [5, 5.41) is 0. The monoisotopic (exact) mass is 434 g/mol. The minimum atomic E-state index is -4.61. The van der Waals surface area contributed by atoms with Gasteiger partial charge < -0.3 is 9.64 Å². The van der Waals surface area contributed by atoms with E-state index in [1.165, 1.54) is 6.07 Å². The first kappa shape index (κ1) is 22.0. The van der Waals surface area contributed by atoms with Gasteiger partial charge in [-0.1, -0.05) is 6.07 Å². The summed E-state index contributed by atoms with van der Waals surface area (Å²) in [6.07, 6.45) is -4.03. The highest BCUT2D eigenvalue weighted by atomic mass is 32.2. The van der Waals surface area contributed by atoms with Gasteiger partial charge in [0.2, 0.25) is 15.9 Å². The lowest BCUT2D eigenvalue weighted by Gasteiger charge is -2.39. The molecule has 0 spiro atoms. The lowest BCUT2D eigenvalue weighted by molar-refractivity contribution is -0.148. The molecule has 0 aromatic heterocycles. The summed E-state index contributed by atoms with van der Waals surface area (Å²) in [6.45, 7) is 5.02. The number of nitrogens with zero attached hydrogens (tertiary/aromatic N) is 2. The lowest BCUT2D eigenvalue weighted by Crippen LogP contribution is -2.51. The fourth-order valence-corrected chi connectivity index (χ4v) is 5.46. The second-order valence-electron chi connectivity index (χ2n) is 7.70. The Balaban J connectivity index is 1.66. The summed E-state index contributed by atoms with van der Waals surface area (Å²) in [6, 6.07) is 3.75. The largest absolute Gasteiger partial charge is 0.416 e. The molecule has 1 aromatic carbocycles. The minimum Gasteiger partial charge on any atom is -0.372 e. The normalized spacial score (nSPS) is 25.2. The first-order valence-corrected chi connectivity index (χ1v) is 11.0. The standard InChI is InChI=1S/C19H25F3N2O4S/c1-13-11-23(12-14(2)28-13)18(25)15-6-8-24(9-7-15)29(26,27)17-5-3-4-16(10-17)19(20,21)22/h3-5,10,13-15H,6-9,11-12H2,1-2H3/t13-,14-/m1/s1. The van der Waals surface area contributed by atoms with Crippen LogP contribution >= 0.6 is 0 Å². The number of halogens is 3. The molecule has 0 saturated carbocycles. The van der Waals surface area contributed by atoms with Crippen molar-refractivity contribution in [3.8, 4) is 0 Å². The number of rotatable bonds is 3. The fourth-order valence-electron chi connectivity index (χ4n) is 3.94. The second kappa shape index (κ2) is 8.23. The summed E-state index contributed by atoms with van der Waals surface area (Å²) in [5.74, 6) is -0.302. The molecule has 2 heterocycles. The third-order valence-corrected chi connectivity index (χ3v) is 7.23. The van der Waals surface area contributed by atoms with Gasteiger partial charge in [-0.05, 0) is 44.9 Å². The molecular formula is C19H25F3N2O4S. The summed E-state index contributed by atoms with van der Waals surface area (Å²) < 4.78 is 71.1. The molecule has 0 unspecified atom stereocenters. The Morgan fingerprint density at radius 3 is 2.24 bits per heavy atom. The van der Waals surface area contributed by atoms with Gasteiger partial charge in [0, 0.05) is 32.1 Å². The van der Waals surface area contributed by atoms with E-state index in [9.17, 15) is 26.4 Å². The molecule has 29 heavy (non-hydrogen) atoms. The molecule has 2 saturated heterocycles. The van der Waals surface area contributed by atoms with Gasteiger partial charge in [-0.15, -0.1) is 0 Å². The molecule has 0 aliphatic carbocycles. The molecule has 2 fully saturated rings. The molecule has 1 amide bonds. The number of hydrogen-bond donors (Lipinski definition) is 0. The van der Waals surface area contributed by atoms with Crippen molar-refractivity contribution in [2.24, 2.45) is 5.92 Å². The highest BCUT2D eigenvalue weighted by Gasteiger charge is 2.37. The molecule has 1 aromatic rings. The van der Waals surface area contributed by atoms with Crippen LogP contribution in [0.25, 0.3) is 0 Å². The molecule has 2 aliphatic heterocycles. The Labute approximate surface area is 168 Å². The molecule has 3 rings (SSSR count). The number of amides is 1. The maximum atomic E-state index is 12.9. The van der Waals surface area contributed by atoms with Crippen molar-refractivity contribution in [2.75, 3.05) is 26.2 Å². The SMILES string of the molecule is C[C@@H]1CN(C(=O)C2CCN(S(=O)(=O)c3cccc(C(F)(F)F)c3)CC2)C[C@@H](C)O1. The van der Waals surface area contributed by atoms with Gasteiger partial charge in [0.15, 0.2) is 0 Å². The highest BCUT2D eigenvalue weighted by molar-refractivity contribution is 7.89. The molecule has 10 heteroatoms. The van der Waals surface area contributed by atoms with Gasteiger partial charge in [0.05, 0.1) is 22.7 Å². The Morgan fingerprint density at radius 1 is 1.10 bits per heavy atom. The Kier molecular flexibility index (Phi) is 6.26. The average molecular weight is 434 g/mol. The Hall–Kier alpha value is -1.65. The van der Waals surface area contributed by atoms with Crippen LogP contribution in [0, 0.1) is 5.92 Å². The van der Waals surface area contributed by atoms with Gasteiger partial charge in [0.1, 0.15) is 0 Å². The number of sulfonamides is 1. The molecule has 0 N–H and O–H groups in total. The average Bonchev–Trinajstić information content (AvgIpc) is 2.66. The van der Waals surface area contributed by atoms with E-state index in [-0.39, 0.29) is 42.0 Å². The summed E-state index contributed by atoms with van der Waals surface area (Å²) in [7, 11) is -4.05. The number of piperidine rings is 1. The lowest BCUT2D eigenvalue weighted by atomic mass is 9.96. The first-order valence-electron chi connectivity index (χ1n) is 9.60. The molecule has 2 aliphatic rings. The highest BCUT2D eigenvalue weighted by Crippen LogP contribution is 2.32. The maximum absolute atomic E-state index is 12.9. The number of hydrogen-bond acceptors (Lipinski definition) is 4. The third-order valence-electron chi connectivity index (χ3n) is 5.33. The second-order valence-corrected chi connectivity index (χ2v) is 9.64. The summed E-state index contributed by atoms with van der Waals surface area (Å²) >= 11 is 0. The van der Waals surface area contributed by atoms with E-state index < -0.39 is 21.8 Å². The Bertz CT molecular complexity index is 841. The van der Waals surface area contributed by atoms with Crippen molar-refractivity contribution in [1.82, 2.24) is 9.21 Å². The van der Waals surface area contributed by atoms with Crippen molar-refractivity contribution in [2.45, 2.75) is 50.0 Å². The van der Waals surface area contributed by atoms with Gasteiger partial charge in [-0.2, -0.15) is 17.5 Å². The number of carbonyl (C=O) groups is 1. The van der Waals surface area contributed by atoms with Crippen molar-refractivity contribution in [3.05, 3.63) is 29.8 Å². The molecule has 6 nitrogen and oxygen atoms in total. The van der Waals surface area contributed by atoms with Crippen LogP contribution in [0.2, 0.25) is 0 Å². The smallest absolute Gasteiger partial charge is 0.372 e. The van der Waals surface area contributed by atoms with Gasteiger partial charge in [-0.3, -0.25) is 4.79 Å². The van der Waals surface area contributed by atoms with Crippen LogP contribution in [0.1, 0.15) is 32.3 Å². The van der Waals surface area contributed by atoms with Crippen molar-refractivity contribution in [3.63, 3.8) is 0 Å². The Morgan fingerprint density at radius 2 is 1.69 bits per heavy atom.